The van der Waals surface area contributed by atoms with Gasteiger partial charge in [-0.15, -0.1) is 0 Å². The molecule has 0 aliphatic carbocycles. The van der Waals surface area contributed by atoms with Crippen LogP contribution in [0.4, 0.5) is 4.79 Å². The first-order valence-electron chi connectivity index (χ1n) is 8.55. The summed E-state index contributed by atoms with van der Waals surface area (Å²) in [6.45, 7) is 8.98. The normalized spacial score (nSPS) is 17.9. The predicted octanol–water partition coefficient (Wildman–Crippen LogP) is 2.89. The lowest BCUT2D eigenvalue weighted by molar-refractivity contribution is 0.0287. The Morgan fingerprint density at radius 3 is 2.80 bits per heavy atom. The number of carbonyl (C=O) groups is 2. The number of fused-ring (bicyclic) bond motifs is 1. The van der Waals surface area contributed by atoms with Gasteiger partial charge in [-0.3, -0.25) is 4.79 Å². The summed E-state index contributed by atoms with van der Waals surface area (Å²) < 4.78 is 7.31. The molecule has 1 amide bonds. The van der Waals surface area contributed by atoms with Crippen molar-refractivity contribution in [3.8, 4) is 0 Å². The van der Waals surface area contributed by atoms with E-state index in [1.54, 1.807) is 11.1 Å². The van der Waals surface area contributed by atoms with Gasteiger partial charge in [0.1, 0.15) is 11.1 Å². The number of hydrogen-bond acceptors (Lipinski definition) is 5. The highest BCUT2D eigenvalue weighted by molar-refractivity contribution is 5.94. The summed E-state index contributed by atoms with van der Waals surface area (Å²) in [5.41, 5.74) is 0.930. The van der Waals surface area contributed by atoms with Crippen molar-refractivity contribution < 1.29 is 14.3 Å². The highest BCUT2D eigenvalue weighted by Gasteiger charge is 2.31. The zero-order valence-electron chi connectivity index (χ0n) is 15.2. The Morgan fingerprint density at radius 1 is 1.36 bits per heavy atom. The average molecular weight is 344 g/mol. The molecule has 1 saturated heterocycles. The molecule has 7 nitrogen and oxygen atoms in total. The summed E-state index contributed by atoms with van der Waals surface area (Å²) in [5, 5.41) is 0. The third-order valence-corrected chi connectivity index (χ3v) is 4.20. The highest BCUT2D eigenvalue weighted by atomic mass is 16.6. The first kappa shape index (κ1) is 17.4. The Labute approximate surface area is 147 Å². The van der Waals surface area contributed by atoms with Crippen LogP contribution in [0.15, 0.2) is 18.3 Å². The van der Waals surface area contributed by atoms with E-state index < -0.39 is 5.60 Å². The first-order valence-corrected chi connectivity index (χ1v) is 8.55. The largest absolute Gasteiger partial charge is 0.444 e. The Morgan fingerprint density at radius 2 is 2.12 bits per heavy atom. The van der Waals surface area contributed by atoms with Gasteiger partial charge in [-0.2, -0.15) is 0 Å². The Bertz CT molecular complexity index is 806. The van der Waals surface area contributed by atoms with Crippen molar-refractivity contribution >= 4 is 23.0 Å². The number of pyridine rings is 1. The molecule has 7 heteroatoms. The van der Waals surface area contributed by atoms with Gasteiger partial charge in [0.05, 0.1) is 0 Å². The van der Waals surface area contributed by atoms with Crippen LogP contribution < -0.4 is 0 Å². The number of hydrogen-bond donors (Lipinski definition) is 0. The second-order valence-corrected chi connectivity index (χ2v) is 7.53. The van der Waals surface area contributed by atoms with Crippen LogP contribution in [0.3, 0.4) is 0 Å². The topological polar surface area (TPSA) is 77.3 Å². The maximum absolute atomic E-state index is 12.2. The molecule has 1 atom stereocenters. The van der Waals surface area contributed by atoms with Crippen LogP contribution in [0, 0.1) is 5.92 Å². The summed E-state index contributed by atoms with van der Waals surface area (Å²) in [6, 6.07) is 3.66. The Kier molecular flexibility index (Phi) is 4.49. The van der Waals surface area contributed by atoms with Crippen LogP contribution in [0.5, 0.6) is 0 Å². The van der Waals surface area contributed by atoms with E-state index >= 15 is 0 Å². The van der Waals surface area contributed by atoms with Crippen molar-refractivity contribution in [2.24, 2.45) is 5.92 Å². The van der Waals surface area contributed by atoms with Crippen molar-refractivity contribution in [2.45, 2.75) is 46.3 Å². The summed E-state index contributed by atoms with van der Waals surface area (Å²) in [6.07, 6.45) is 2.28. The summed E-state index contributed by atoms with van der Waals surface area (Å²) in [5.74, 6) is 0.578. The molecule has 0 unspecified atom stereocenters. The van der Waals surface area contributed by atoms with Crippen LogP contribution >= 0.6 is 0 Å². The second kappa shape index (κ2) is 6.46. The van der Waals surface area contributed by atoms with Crippen molar-refractivity contribution in [3.63, 3.8) is 0 Å². The fourth-order valence-corrected chi connectivity index (χ4v) is 3.13. The molecule has 3 rings (SSSR count). The van der Waals surface area contributed by atoms with Crippen LogP contribution in [0.1, 0.15) is 44.7 Å². The van der Waals surface area contributed by atoms with E-state index in [-0.39, 0.29) is 17.8 Å². The smallest absolute Gasteiger partial charge is 0.410 e. The van der Waals surface area contributed by atoms with Gasteiger partial charge in [0.2, 0.25) is 0 Å². The molecule has 1 fully saturated rings. The minimum atomic E-state index is -0.499. The third-order valence-electron chi connectivity index (χ3n) is 4.20. The van der Waals surface area contributed by atoms with Crippen LogP contribution in [-0.2, 0) is 11.3 Å². The SMILES string of the molecule is CC(=O)c1nc2cccnc2n1C[C@H]1CCN(C(=O)OC(C)(C)C)C1. The summed E-state index contributed by atoms with van der Waals surface area (Å²) in [7, 11) is 0. The lowest BCUT2D eigenvalue weighted by Crippen LogP contribution is -2.35. The van der Waals surface area contributed by atoms with Gasteiger partial charge in [0.15, 0.2) is 17.3 Å². The number of carbonyl (C=O) groups excluding carboxylic acids is 2. The molecule has 25 heavy (non-hydrogen) atoms. The molecule has 0 bridgehead atoms. The van der Waals surface area contributed by atoms with Crippen molar-refractivity contribution in [1.29, 1.82) is 0 Å². The fraction of sp³-hybridized carbons (Fsp3) is 0.556. The molecular formula is C18H24N4O3. The highest BCUT2D eigenvalue weighted by Crippen LogP contribution is 2.23. The number of aromatic nitrogens is 3. The summed E-state index contributed by atoms with van der Waals surface area (Å²) >= 11 is 0. The monoisotopic (exact) mass is 344 g/mol. The van der Waals surface area contributed by atoms with Crippen LogP contribution in [0.2, 0.25) is 0 Å². The van der Waals surface area contributed by atoms with Crippen molar-refractivity contribution in [3.05, 3.63) is 24.2 Å². The quantitative estimate of drug-likeness (QED) is 0.800. The zero-order chi connectivity index (χ0) is 18.2. The predicted molar refractivity (Wildman–Crippen MR) is 93.4 cm³/mol. The van der Waals surface area contributed by atoms with Gasteiger partial charge in [-0.1, -0.05) is 0 Å². The number of amides is 1. The lowest BCUT2D eigenvalue weighted by Gasteiger charge is -2.24. The molecule has 0 saturated carbocycles. The maximum Gasteiger partial charge on any atom is 0.410 e. The van der Waals surface area contributed by atoms with E-state index in [4.69, 9.17) is 4.74 Å². The van der Waals surface area contributed by atoms with Crippen molar-refractivity contribution in [1.82, 2.24) is 19.4 Å². The first-order chi connectivity index (χ1) is 11.7. The molecule has 3 heterocycles. The van der Waals surface area contributed by atoms with Gasteiger partial charge in [0, 0.05) is 32.8 Å². The molecule has 0 spiro atoms. The van der Waals surface area contributed by atoms with E-state index in [1.165, 1.54) is 6.92 Å². The van der Waals surface area contributed by atoms with Gasteiger partial charge in [-0.05, 0) is 45.2 Å². The van der Waals surface area contributed by atoms with Gasteiger partial charge in [0.25, 0.3) is 0 Å². The molecule has 2 aromatic rings. The van der Waals surface area contributed by atoms with E-state index in [0.29, 0.717) is 31.1 Å². The second-order valence-electron chi connectivity index (χ2n) is 7.53. The number of nitrogens with zero attached hydrogens (tertiary/aromatic N) is 4. The fourth-order valence-electron chi connectivity index (χ4n) is 3.13. The molecule has 2 aromatic heterocycles. The van der Waals surface area contributed by atoms with Crippen LogP contribution in [-0.4, -0.2) is 50.0 Å². The molecular weight excluding hydrogens is 320 g/mol. The molecule has 0 radical (unpaired) electrons. The summed E-state index contributed by atoms with van der Waals surface area (Å²) in [4.78, 5) is 34.7. The van der Waals surface area contributed by atoms with E-state index in [2.05, 4.69) is 9.97 Å². The number of ether oxygens (including phenoxy) is 1. The van der Waals surface area contributed by atoms with Gasteiger partial charge >= 0.3 is 6.09 Å². The number of imidazole rings is 1. The molecule has 1 aliphatic heterocycles. The molecule has 0 aromatic carbocycles. The average Bonchev–Trinajstić information content (AvgIpc) is 3.11. The molecule has 0 N–H and O–H groups in total. The molecule has 134 valence electrons. The Hall–Kier alpha value is -2.44. The van der Waals surface area contributed by atoms with E-state index in [1.807, 2.05) is 37.5 Å². The minimum absolute atomic E-state index is 0.0833. The zero-order valence-corrected chi connectivity index (χ0v) is 15.2. The van der Waals surface area contributed by atoms with E-state index in [0.717, 1.165) is 11.9 Å². The number of likely N-dealkylation sites (tertiary alicyclic amines) is 1. The Balaban J connectivity index is 1.76. The number of Topliss-reactive ketones (excluding diaryl/α,β-unsaturated/α-hetero) is 1. The number of ketones is 1. The van der Waals surface area contributed by atoms with Crippen molar-refractivity contribution in [2.75, 3.05) is 13.1 Å². The van der Waals surface area contributed by atoms with E-state index in [9.17, 15) is 9.59 Å². The van der Waals surface area contributed by atoms with Gasteiger partial charge < -0.3 is 14.2 Å². The third kappa shape index (κ3) is 3.81. The standard InChI is InChI=1S/C18H24N4O3/c1-12(23)15-20-14-6-5-8-19-16(14)22(15)11-13-7-9-21(10-13)17(24)25-18(2,3)4/h5-6,8,13H,7,9-11H2,1-4H3/t13-/m0/s1. The lowest BCUT2D eigenvalue weighted by atomic mass is 10.1. The number of rotatable bonds is 3. The molecule has 1 aliphatic rings. The van der Waals surface area contributed by atoms with Gasteiger partial charge in [-0.25, -0.2) is 14.8 Å². The maximum atomic E-state index is 12.2. The minimum Gasteiger partial charge on any atom is -0.444 e. The van der Waals surface area contributed by atoms with Crippen LogP contribution in [0.25, 0.3) is 11.2 Å².